The van der Waals surface area contributed by atoms with Gasteiger partial charge < -0.3 is 9.47 Å². The summed E-state index contributed by atoms with van der Waals surface area (Å²) in [6, 6.07) is 3.49. The summed E-state index contributed by atoms with van der Waals surface area (Å²) in [6.45, 7) is 3.97. The number of benzene rings is 1. The summed E-state index contributed by atoms with van der Waals surface area (Å²) in [5, 5.41) is 0.253. The lowest BCUT2D eigenvalue weighted by molar-refractivity contribution is -0.225. The van der Waals surface area contributed by atoms with Gasteiger partial charge in [-0.1, -0.05) is 17.7 Å². The molecule has 1 aliphatic rings. The molecule has 1 heterocycles. The molecule has 2 nitrogen and oxygen atoms in total. The van der Waals surface area contributed by atoms with E-state index in [0.717, 1.165) is 6.07 Å². The number of halogens is 4. The minimum absolute atomic E-state index is 0.0203. The molecule has 110 valence electrons. The zero-order chi connectivity index (χ0) is 15.0. The Bertz CT molecular complexity index is 524. The van der Waals surface area contributed by atoms with E-state index in [2.05, 4.69) is 0 Å². The maximum Gasteiger partial charge on any atom is 0.416 e. The molecule has 0 amide bonds. The molecule has 1 aromatic rings. The average Bonchev–Trinajstić information content (AvgIpc) is 2.30. The van der Waals surface area contributed by atoms with Gasteiger partial charge >= 0.3 is 6.18 Å². The summed E-state index contributed by atoms with van der Waals surface area (Å²) in [5.41, 5.74) is -0.0665. The van der Waals surface area contributed by atoms with E-state index in [1.807, 2.05) is 0 Å². The predicted molar refractivity (Wildman–Crippen MR) is 70.4 cm³/mol. The zero-order valence-electron chi connectivity index (χ0n) is 11.1. The third-order valence-corrected chi connectivity index (χ3v) is 3.12. The van der Waals surface area contributed by atoms with Gasteiger partial charge in [-0.2, -0.15) is 13.2 Å². The molecule has 0 radical (unpaired) electrons. The van der Waals surface area contributed by atoms with Crippen LogP contribution in [0.15, 0.2) is 23.8 Å². The van der Waals surface area contributed by atoms with Gasteiger partial charge in [0.25, 0.3) is 0 Å². The molecule has 2 rings (SSSR count). The van der Waals surface area contributed by atoms with Gasteiger partial charge in [0, 0.05) is 5.02 Å². The Hall–Kier alpha value is -1.04. The van der Waals surface area contributed by atoms with Crippen LogP contribution in [-0.2, 0) is 15.7 Å². The summed E-state index contributed by atoms with van der Waals surface area (Å²) in [7, 11) is 0. The van der Waals surface area contributed by atoms with Gasteiger partial charge in [-0.05, 0) is 43.2 Å². The van der Waals surface area contributed by atoms with Crippen LogP contribution in [0.5, 0.6) is 0 Å². The van der Waals surface area contributed by atoms with E-state index in [1.54, 1.807) is 13.8 Å². The van der Waals surface area contributed by atoms with Gasteiger partial charge in [0.05, 0.1) is 18.8 Å². The van der Waals surface area contributed by atoms with E-state index in [-0.39, 0.29) is 23.8 Å². The van der Waals surface area contributed by atoms with E-state index < -0.39 is 17.5 Å². The van der Waals surface area contributed by atoms with Crippen LogP contribution < -0.4 is 0 Å². The van der Waals surface area contributed by atoms with Crippen molar-refractivity contribution in [3.63, 3.8) is 0 Å². The van der Waals surface area contributed by atoms with E-state index >= 15 is 0 Å². The average molecular weight is 307 g/mol. The molecule has 0 unspecified atom stereocenters. The van der Waals surface area contributed by atoms with Crippen molar-refractivity contribution in [3.8, 4) is 0 Å². The smallest absolute Gasteiger partial charge is 0.346 e. The van der Waals surface area contributed by atoms with Crippen molar-refractivity contribution in [2.24, 2.45) is 0 Å². The van der Waals surface area contributed by atoms with E-state index in [4.69, 9.17) is 21.1 Å². The second-order valence-electron chi connectivity index (χ2n) is 5.01. The largest absolute Gasteiger partial charge is 0.416 e. The van der Waals surface area contributed by atoms with Crippen LogP contribution in [0.2, 0.25) is 5.02 Å². The van der Waals surface area contributed by atoms with Gasteiger partial charge in [0.2, 0.25) is 0 Å². The maximum absolute atomic E-state index is 12.9. The number of hydrogen-bond acceptors (Lipinski definition) is 2. The highest BCUT2D eigenvalue weighted by Crippen LogP contribution is 2.34. The van der Waals surface area contributed by atoms with Crippen LogP contribution in [0.3, 0.4) is 0 Å². The topological polar surface area (TPSA) is 18.5 Å². The minimum atomic E-state index is -4.42. The fourth-order valence-electron chi connectivity index (χ4n) is 1.83. The number of alkyl halides is 3. The van der Waals surface area contributed by atoms with Crippen LogP contribution in [0.4, 0.5) is 13.2 Å². The normalized spacial score (nSPS) is 19.0. The number of rotatable bonds is 1. The lowest BCUT2D eigenvalue weighted by Crippen LogP contribution is -2.35. The van der Waals surface area contributed by atoms with Crippen molar-refractivity contribution < 1.29 is 22.6 Å². The monoisotopic (exact) mass is 306 g/mol. The molecule has 0 spiro atoms. The van der Waals surface area contributed by atoms with Crippen molar-refractivity contribution in [1.82, 2.24) is 0 Å². The first-order valence-corrected chi connectivity index (χ1v) is 6.39. The Morgan fingerprint density at radius 3 is 2.35 bits per heavy atom. The molecule has 0 N–H and O–H groups in total. The molecule has 0 bridgehead atoms. The van der Waals surface area contributed by atoms with Crippen molar-refractivity contribution in [1.29, 1.82) is 0 Å². The van der Waals surface area contributed by atoms with Crippen LogP contribution in [0.25, 0.3) is 6.08 Å². The molecule has 0 aliphatic carbocycles. The van der Waals surface area contributed by atoms with E-state index in [1.165, 1.54) is 18.2 Å². The summed E-state index contributed by atoms with van der Waals surface area (Å²) >= 11 is 5.77. The first-order chi connectivity index (χ1) is 9.17. The van der Waals surface area contributed by atoms with Gasteiger partial charge in [0.1, 0.15) is 0 Å². The second kappa shape index (κ2) is 5.39. The molecule has 0 atom stereocenters. The van der Waals surface area contributed by atoms with Gasteiger partial charge in [-0.3, -0.25) is 0 Å². The second-order valence-corrected chi connectivity index (χ2v) is 5.45. The highest BCUT2D eigenvalue weighted by Gasteiger charge is 2.33. The van der Waals surface area contributed by atoms with Crippen LogP contribution in [0.1, 0.15) is 25.0 Å². The number of hydrogen-bond donors (Lipinski definition) is 0. The predicted octanol–water partition coefficient (Wildman–Crippen LogP) is 4.53. The van der Waals surface area contributed by atoms with Gasteiger partial charge in [-0.25, -0.2) is 0 Å². The first-order valence-electron chi connectivity index (χ1n) is 6.01. The third kappa shape index (κ3) is 3.75. The summed E-state index contributed by atoms with van der Waals surface area (Å²) in [6.07, 6.45) is -3.00. The third-order valence-electron chi connectivity index (χ3n) is 2.89. The number of ether oxygens (including phenoxy) is 2. The molecule has 0 saturated carbocycles. The van der Waals surface area contributed by atoms with E-state index in [9.17, 15) is 13.2 Å². The van der Waals surface area contributed by atoms with Gasteiger partial charge in [-0.15, -0.1) is 0 Å². The Morgan fingerprint density at radius 1 is 1.20 bits per heavy atom. The van der Waals surface area contributed by atoms with Crippen molar-refractivity contribution in [3.05, 3.63) is 39.9 Å². The molecular formula is C14H14ClF3O2. The quantitative estimate of drug-likeness (QED) is 0.759. The Kier molecular flexibility index (Phi) is 4.14. The fraction of sp³-hybridized carbons (Fsp3) is 0.429. The Morgan fingerprint density at radius 2 is 1.80 bits per heavy atom. The maximum atomic E-state index is 12.9. The van der Waals surface area contributed by atoms with Crippen LogP contribution in [-0.4, -0.2) is 19.0 Å². The lowest BCUT2D eigenvalue weighted by Gasteiger charge is -2.31. The molecule has 1 saturated heterocycles. The fourth-order valence-corrected chi connectivity index (χ4v) is 2.01. The first kappa shape index (κ1) is 15.4. The standard InChI is InChI=1S/C14H14ClF3O2/c1-13(2)19-7-9(8-20-13)5-10-6-11(15)3-4-12(10)14(16,17)18/h3-6H,7-8H2,1-2H3. The molecule has 1 aliphatic heterocycles. The van der Waals surface area contributed by atoms with Gasteiger partial charge in [0.15, 0.2) is 5.79 Å². The van der Waals surface area contributed by atoms with Crippen LogP contribution >= 0.6 is 11.6 Å². The summed E-state index contributed by atoms with van der Waals surface area (Å²) in [4.78, 5) is 0. The van der Waals surface area contributed by atoms with Crippen molar-refractivity contribution in [2.75, 3.05) is 13.2 Å². The van der Waals surface area contributed by atoms with Crippen LogP contribution in [0, 0.1) is 0 Å². The summed E-state index contributed by atoms with van der Waals surface area (Å²) in [5.74, 6) is -0.710. The SMILES string of the molecule is CC1(C)OCC(=Cc2cc(Cl)ccc2C(F)(F)F)CO1. The molecule has 1 aromatic carbocycles. The molecule has 6 heteroatoms. The molecule has 20 heavy (non-hydrogen) atoms. The highest BCUT2D eigenvalue weighted by atomic mass is 35.5. The van der Waals surface area contributed by atoms with Crippen molar-refractivity contribution in [2.45, 2.75) is 25.8 Å². The Labute approximate surface area is 120 Å². The summed E-state index contributed by atoms with van der Waals surface area (Å²) < 4.78 is 49.6. The van der Waals surface area contributed by atoms with Crippen molar-refractivity contribution >= 4 is 17.7 Å². The molecule has 0 aromatic heterocycles. The lowest BCUT2D eigenvalue weighted by atomic mass is 10.0. The molecular weight excluding hydrogens is 293 g/mol. The minimum Gasteiger partial charge on any atom is -0.346 e. The highest BCUT2D eigenvalue weighted by molar-refractivity contribution is 6.30. The Balaban J connectivity index is 2.31. The van der Waals surface area contributed by atoms with E-state index in [0.29, 0.717) is 5.57 Å². The molecule has 1 fully saturated rings. The zero-order valence-corrected chi connectivity index (χ0v) is 11.8.